The lowest BCUT2D eigenvalue weighted by atomic mass is 10.1. The van der Waals surface area contributed by atoms with Gasteiger partial charge in [0.15, 0.2) is 0 Å². The second-order valence-electron chi connectivity index (χ2n) is 3.88. The van der Waals surface area contributed by atoms with E-state index in [0.29, 0.717) is 11.3 Å². The summed E-state index contributed by atoms with van der Waals surface area (Å²) in [6, 6.07) is 12.3. The summed E-state index contributed by atoms with van der Waals surface area (Å²) in [6.45, 7) is 0. The van der Waals surface area contributed by atoms with Gasteiger partial charge in [-0.05, 0) is 36.4 Å². The van der Waals surface area contributed by atoms with Gasteiger partial charge in [-0.25, -0.2) is 4.39 Å². The zero-order valence-corrected chi connectivity index (χ0v) is 9.85. The predicted molar refractivity (Wildman–Crippen MR) is 69.9 cm³/mol. The van der Waals surface area contributed by atoms with Crippen molar-refractivity contribution in [3.8, 4) is 6.07 Å². The lowest BCUT2D eigenvalue weighted by molar-refractivity contribution is 0.102. The van der Waals surface area contributed by atoms with Gasteiger partial charge in [0.05, 0.1) is 17.3 Å². The number of benzene rings is 2. The molecule has 94 valence electrons. The van der Waals surface area contributed by atoms with Crippen molar-refractivity contribution in [3.05, 3.63) is 59.4 Å². The monoisotopic (exact) mass is 255 g/mol. The third-order valence-electron chi connectivity index (χ3n) is 2.51. The van der Waals surface area contributed by atoms with Gasteiger partial charge in [0, 0.05) is 11.3 Å². The minimum Gasteiger partial charge on any atom is -0.396 e. The Hall–Kier alpha value is -2.87. The SMILES string of the molecule is N#Cc1cccc(NC(=O)c2ccc(N)c(F)c2)c1. The Kier molecular flexibility index (Phi) is 3.44. The minimum absolute atomic E-state index is 0.0111. The van der Waals surface area contributed by atoms with Crippen molar-refractivity contribution in [1.82, 2.24) is 0 Å². The van der Waals surface area contributed by atoms with Crippen molar-refractivity contribution < 1.29 is 9.18 Å². The van der Waals surface area contributed by atoms with E-state index in [1.54, 1.807) is 18.2 Å². The highest BCUT2D eigenvalue weighted by Crippen LogP contribution is 2.15. The van der Waals surface area contributed by atoms with Crippen molar-refractivity contribution in [2.24, 2.45) is 0 Å². The highest BCUT2D eigenvalue weighted by atomic mass is 19.1. The van der Waals surface area contributed by atoms with E-state index in [2.05, 4.69) is 5.32 Å². The van der Waals surface area contributed by atoms with Crippen molar-refractivity contribution in [1.29, 1.82) is 5.26 Å². The Morgan fingerprint density at radius 3 is 2.74 bits per heavy atom. The zero-order chi connectivity index (χ0) is 13.8. The Bertz CT molecular complexity index is 677. The fourth-order valence-electron chi connectivity index (χ4n) is 1.54. The molecule has 0 fully saturated rings. The molecule has 0 aromatic heterocycles. The molecular weight excluding hydrogens is 245 g/mol. The molecule has 0 aliphatic rings. The van der Waals surface area contributed by atoms with E-state index in [9.17, 15) is 9.18 Å². The molecule has 0 atom stereocenters. The van der Waals surface area contributed by atoms with E-state index < -0.39 is 11.7 Å². The highest BCUT2D eigenvalue weighted by Gasteiger charge is 2.09. The van der Waals surface area contributed by atoms with Crippen LogP contribution < -0.4 is 11.1 Å². The highest BCUT2D eigenvalue weighted by molar-refractivity contribution is 6.04. The number of hydrogen-bond acceptors (Lipinski definition) is 3. The van der Waals surface area contributed by atoms with Crippen LogP contribution in [0.1, 0.15) is 15.9 Å². The van der Waals surface area contributed by atoms with Crippen LogP contribution in [0.3, 0.4) is 0 Å². The van der Waals surface area contributed by atoms with E-state index in [1.165, 1.54) is 18.2 Å². The van der Waals surface area contributed by atoms with Crippen molar-refractivity contribution in [3.63, 3.8) is 0 Å². The van der Waals surface area contributed by atoms with Gasteiger partial charge in [-0.2, -0.15) is 5.26 Å². The number of halogens is 1. The molecule has 2 rings (SSSR count). The van der Waals surface area contributed by atoms with Gasteiger partial charge in [0.25, 0.3) is 5.91 Å². The van der Waals surface area contributed by atoms with Crippen LogP contribution in [0.2, 0.25) is 0 Å². The number of nitrogen functional groups attached to an aromatic ring is 1. The molecular formula is C14H10FN3O. The molecule has 0 saturated carbocycles. The van der Waals surface area contributed by atoms with Gasteiger partial charge in [-0.15, -0.1) is 0 Å². The van der Waals surface area contributed by atoms with E-state index in [1.807, 2.05) is 6.07 Å². The van der Waals surface area contributed by atoms with Crippen molar-refractivity contribution in [2.75, 3.05) is 11.1 Å². The molecule has 3 N–H and O–H groups in total. The third-order valence-corrected chi connectivity index (χ3v) is 2.51. The quantitative estimate of drug-likeness (QED) is 0.809. The summed E-state index contributed by atoms with van der Waals surface area (Å²) < 4.78 is 13.2. The average Bonchev–Trinajstić information content (AvgIpc) is 2.42. The maximum atomic E-state index is 13.2. The van der Waals surface area contributed by atoms with E-state index in [0.717, 1.165) is 6.07 Å². The summed E-state index contributed by atoms with van der Waals surface area (Å²) in [6.07, 6.45) is 0. The Morgan fingerprint density at radius 2 is 2.05 bits per heavy atom. The van der Waals surface area contributed by atoms with E-state index in [4.69, 9.17) is 11.0 Å². The van der Waals surface area contributed by atoms with Gasteiger partial charge >= 0.3 is 0 Å². The Labute approximate surface area is 109 Å². The Balaban J connectivity index is 2.21. The molecule has 5 heteroatoms. The summed E-state index contributed by atoms with van der Waals surface area (Å²) in [4.78, 5) is 11.9. The number of carbonyl (C=O) groups excluding carboxylic acids is 1. The normalized spacial score (nSPS) is 9.68. The number of nitriles is 1. The maximum Gasteiger partial charge on any atom is 0.255 e. The number of nitrogens with two attached hydrogens (primary N) is 1. The number of rotatable bonds is 2. The third kappa shape index (κ3) is 2.87. The molecule has 2 aromatic rings. The van der Waals surface area contributed by atoms with Crippen LogP contribution in [0, 0.1) is 17.1 Å². The summed E-state index contributed by atoms with van der Waals surface area (Å²) >= 11 is 0. The van der Waals surface area contributed by atoms with Gasteiger partial charge in [0.1, 0.15) is 5.82 Å². The van der Waals surface area contributed by atoms with Crippen molar-refractivity contribution in [2.45, 2.75) is 0 Å². The molecule has 19 heavy (non-hydrogen) atoms. The molecule has 0 heterocycles. The number of anilines is 2. The lowest BCUT2D eigenvalue weighted by Crippen LogP contribution is -2.12. The van der Waals surface area contributed by atoms with Crippen LogP contribution in [-0.2, 0) is 0 Å². The Morgan fingerprint density at radius 1 is 1.26 bits per heavy atom. The molecule has 0 bridgehead atoms. The standard InChI is InChI=1S/C14H10FN3O/c15-12-7-10(4-5-13(12)17)14(19)18-11-3-1-2-9(6-11)8-16/h1-7H,17H2,(H,18,19). The molecule has 0 unspecified atom stereocenters. The molecule has 0 radical (unpaired) electrons. The second kappa shape index (κ2) is 5.19. The summed E-state index contributed by atoms with van der Waals surface area (Å²) in [7, 11) is 0. The maximum absolute atomic E-state index is 13.2. The molecule has 0 aliphatic carbocycles. The number of hydrogen-bond donors (Lipinski definition) is 2. The topological polar surface area (TPSA) is 78.9 Å². The fourth-order valence-corrected chi connectivity index (χ4v) is 1.54. The number of nitrogens with one attached hydrogen (secondary N) is 1. The van der Waals surface area contributed by atoms with Gasteiger partial charge in [0.2, 0.25) is 0 Å². The van der Waals surface area contributed by atoms with Crippen LogP contribution in [-0.4, -0.2) is 5.91 Å². The average molecular weight is 255 g/mol. The van der Waals surface area contributed by atoms with E-state index in [-0.39, 0.29) is 11.3 Å². The van der Waals surface area contributed by atoms with E-state index >= 15 is 0 Å². The molecule has 4 nitrogen and oxygen atoms in total. The first-order valence-corrected chi connectivity index (χ1v) is 5.46. The van der Waals surface area contributed by atoms with Crippen LogP contribution in [0.5, 0.6) is 0 Å². The first-order valence-electron chi connectivity index (χ1n) is 5.46. The molecule has 0 saturated heterocycles. The number of amides is 1. The molecule has 1 amide bonds. The van der Waals surface area contributed by atoms with Crippen LogP contribution in [0.15, 0.2) is 42.5 Å². The zero-order valence-electron chi connectivity index (χ0n) is 9.85. The lowest BCUT2D eigenvalue weighted by Gasteiger charge is -2.06. The predicted octanol–water partition coefficient (Wildman–Crippen LogP) is 2.53. The number of nitrogens with zero attached hydrogens (tertiary/aromatic N) is 1. The molecule has 0 aliphatic heterocycles. The van der Waals surface area contributed by atoms with Crippen molar-refractivity contribution >= 4 is 17.3 Å². The summed E-state index contributed by atoms with van der Waals surface area (Å²) in [5.41, 5.74) is 6.39. The van der Waals surface area contributed by atoms with Crippen LogP contribution in [0.4, 0.5) is 15.8 Å². The fraction of sp³-hybridized carbons (Fsp3) is 0. The summed E-state index contributed by atoms with van der Waals surface area (Å²) in [5.74, 6) is -1.10. The van der Waals surface area contributed by atoms with Gasteiger partial charge in [-0.1, -0.05) is 6.07 Å². The largest absolute Gasteiger partial charge is 0.396 e. The molecule has 0 spiro atoms. The first-order chi connectivity index (χ1) is 9.10. The smallest absolute Gasteiger partial charge is 0.255 e. The van der Waals surface area contributed by atoms with Gasteiger partial charge in [-0.3, -0.25) is 4.79 Å². The summed E-state index contributed by atoms with van der Waals surface area (Å²) in [5, 5.41) is 11.3. The van der Waals surface area contributed by atoms with Gasteiger partial charge < -0.3 is 11.1 Å². The number of carbonyl (C=O) groups is 1. The first kappa shape index (κ1) is 12.6. The van der Waals surface area contributed by atoms with Crippen LogP contribution in [0.25, 0.3) is 0 Å². The minimum atomic E-state index is -0.640. The second-order valence-corrected chi connectivity index (χ2v) is 3.88. The van der Waals surface area contributed by atoms with Crippen LogP contribution >= 0.6 is 0 Å². The molecule has 2 aromatic carbocycles.